The number of aromatic nitrogens is 3. The molecule has 6 heteroatoms. The van der Waals surface area contributed by atoms with Gasteiger partial charge in [-0.1, -0.05) is 57.2 Å². The number of nitrogens with zero attached hydrogens (tertiary/aromatic N) is 3. The summed E-state index contributed by atoms with van der Waals surface area (Å²) < 4.78 is 12.7. The van der Waals surface area contributed by atoms with Crippen molar-refractivity contribution in [2.45, 2.75) is 32.6 Å². The van der Waals surface area contributed by atoms with Gasteiger partial charge in [0.05, 0.1) is 26.1 Å². The Hall–Kier alpha value is -3.54. The molecule has 4 aromatic rings. The minimum atomic E-state index is -0.0836. The van der Waals surface area contributed by atoms with E-state index < -0.39 is 0 Å². The van der Waals surface area contributed by atoms with Gasteiger partial charge in [-0.05, 0) is 29.7 Å². The van der Waals surface area contributed by atoms with Crippen molar-refractivity contribution >= 4 is 11.5 Å². The predicted octanol–water partition coefficient (Wildman–Crippen LogP) is 5.37. The van der Waals surface area contributed by atoms with Crippen LogP contribution in [0.3, 0.4) is 0 Å². The van der Waals surface area contributed by atoms with E-state index in [0.717, 1.165) is 52.8 Å². The van der Waals surface area contributed by atoms with Crippen molar-refractivity contribution in [2.75, 3.05) is 26.1 Å². The second-order valence-corrected chi connectivity index (χ2v) is 8.80. The zero-order valence-corrected chi connectivity index (χ0v) is 19.3. The first-order valence-corrected chi connectivity index (χ1v) is 10.8. The van der Waals surface area contributed by atoms with Gasteiger partial charge in [-0.3, -0.25) is 0 Å². The highest BCUT2D eigenvalue weighted by atomic mass is 16.5. The van der Waals surface area contributed by atoms with Gasteiger partial charge in [-0.25, -0.2) is 4.98 Å². The number of hydrogen-bond donors (Lipinski definition) is 1. The van der Waals surface area contributed by atoms with Crippen LogP contribution in [0.5, 0.6) is 11.5 Å². The van der Waals surface area contributed by atoms with Crippen LogP contribution in [0.1, 0.15) is 32.0 Å². The first-order valence-electron chi connectivity index (χ1n) is 10.8. The number of methoxy groups -OCH3 is 2. The second kappa shape index (κ2) is 8.91. The smallest absolute Gasteiger partial charge is 0.165 e. The normalized spacial score (nSPS) is 11.5. The van der Waals surface area contributed by atoms with Crippen LogP contribution in [0.2, 0.25) is 0 Å². The van der Waals surface area contributed by atoms with Crippen molar-refractivity contribution in [1.29, 1.82) is 0 Å². The highest BCUT2D eigenvalue weighted by molar-refractivity contribution is 5.78. The summed E-state index contributed by atoms with van der Waals surface area (Å²) in [6.45, 7) is 7.28. The maximum Gasteiger partial charge on any atom is 0.165 e. The van der Waals surface area contributed by atoms with Gasteiger partial charge in [0.25, 0.3) is 0 Å². The Balaban J connectivity index is 1.64. The van der Waals surface area contributed by atoms with E-state index in [4.69, 9.17) is 14.5 Å². The number of nitrogens with one attached hydrogen (secondary N) is 1. The minimum Gasteiger partial charge on any atom is -0.493 e. The molecule has 1 N–H and O–H groups in total. The van der Waals surface area contributed by atoms with Crippen LogP contribution in [0.4, 0.5) is 5.82 Å². The Morgan fingerprint density at radius 2 is 1.69 bits per heavy atom. The quantitative estimate of drug-likeness (QED) is 0.427. The lowest BCUT2D eigenvalue weighted by atomic mass is 9.92. The molecule has 0 unspecified atom stereocenters. The summed E-state index contributed by atoms with van der Waals surface area (Å²) in [6.07, 6.45) is 2.73. The van der Waals surface area contributed by atoms with Crippen LogP contribution in [-0.4, -0.2) is 35.4 Å². The molecule has 0 aliphatic carbocycles. The van der Waals surface area contributed by atoms with Crippen LogP contribution in [0.15, 0.2) is 60.8 Å². The second-order valence-electron chi connectivity index (χ2n) is 8.80. The third-order valence-corrected chi connectivity index (χ3v) is 5.49. The zero-order valence-electron chi connectivity index (χ0n) is 19.3. The largest absolute Gasteiger partial charge is 0.493 e. The zero-order chi connectivity index (χ0) is 22.7. The average molecular weight is 431 g/mol. The molecule has 0 saturated heterocycles. The molecule has 0 aliphatic rings. The van der Waals surface area contributed by atoms with Crippen LogP contribution >= 0.6 is 0 Å². The summed E-state index contributed by atoms with van der Waals surface area (Å²) in [7, 11) is 3.30. The van der Waals surface area contributed by atoms with Gasteiger partial charge >= 0.3 is 0 Å². The van der Waals surface area contributed by atoms with Gasteiger partial charge < -0.3 is 14.8 Å². The fourth-order valence-corrected chi connectivity index (χ4v) is 3.67. The number of fused-ring (bicyclic) bond motifs is 1. The summed E-state index contributed by atoms with van der Waals surface area (Å²) in [5, 5.41) is 8.22. The maximum atomic E-state index is 5.43. The van der Waals surface area contributed by atoms with Crippen LogP contribution in [0, 0.1) is 0 Å². The lowest BCUT2D eigenvalue weighted by molar-refractivity contribution is 0.354. The summed E-state index contributed by atoms with van der Waals surface area (Å²) in [5.74, 6) is 2.41. The fourth-order valence-electron chi connectivity index (χ4n) is 3.67. The molecule has 2 aromatic carbocycles. The van der Waals surface area contributed by atoms with Crippen LogP contribution in [0.25, 0.3) is 16.8 Å². The van der Waals surface area contributed by atoms with E-state index >= 15 is 0 Å². The van der Waals surface area contributed by atoms with Crippen molar-refractivity contribution < 1.29 is 9.47 Å². The molecule has 0 spiro atoms. The van der Waals surface area contributed by atoms with E-state index in [1.807, 2.05) is 41.0 Å². The van der Waals surface area contributed by atoms with Gasteiger partial charge in [0.15, 0.2) is 17.1 Å². The number of anilines is 1. The molecule has 6 nitrogen and oxygen atoms in total. The summed E-state index contributed by atoms with van der Waals surface area (Å²) >= 11 is 0. The van der Waals surface area contributed by atoms with E-state index in [-0.39, 0.29) is 5.41 Å². The summed E-state index contributed by atoms with van der Waals surface area (Å²) in [6, 6.07) is 18.4. The van der Waals surface area contributed by atoms with Gasteiger partial charge in [-0.15, -0.1) is 0 Å². The van der Waals surface area contributed by atoms with Gasteiger partial charge in [-0.2, -0.15) is 9.61 Å². The van der Waals surface area contributed by atoms with Crippen molar-refractivity contribution in [1.82, 2.24) is 14.6 Å². The van der Waals surface area contributed by atoms with Gasteiger partial charge in [0.1, 0.15) is 5.82 Å². The third-order valence-electron chi connectivity index (χ3n) is 5.49. The SMILES string of the molecule is COc1ccc(CCNc2cc(C(C)(C)C)nc3c(-c4ccccc4)cnn23)cc1OC. The molecular formula is C26H30N4O2. The molecule has 2 heterocycles. The van der Waals surface area contributed by atoms with E-state index in [1.165, 1.54) is 5.56 Å². The number of rotatable bonds is 7. The molecule has 0 bridgehead atoms. The minimum absolute atomic E-state index is 0.0836. The molecule has 0 saturated carbocycles. The molecule has 4 rings (SSSR count). The molecule has 0 amide bonds. The molecule has 0 atom stereocenters. The lowest BCUT2D eigenvalue weighted by Gasteiger charge is -2.20. The van der Waals surface area contributed by atoms with E-state index in [0.29, 0.717) is 0 Å². The Morgan fingerprint density at radius 3 is 2.38 bits per heavy atom. The number of hydrogen-bond acceptors (Lipinski definition) is 5. The fraction of sp³-hybridized carbons (Fsp3) is 0.308. The van der Waals surface area contributed by atoms with E-state index in [9.17, 15) is 0 Å². The molecule has 166 valence electrons. The average Bonchev–Trinajstić information content (AvgIpc) is 3.23. The Kier molecular flexibility index (Phi) is 6.04. The number of ether oxygens (including phenoxy) is 2. The van der Waals surface area contributed by atoms with Crippen molar-refractivity contribution in [3.8, 4) is 22.6 Å². The predicted molar refractivity (Wildman–Crippen MR) is 129 cm³/mol. The van der Waals surface area contributed by atoms with Gasteiger partial charge in [0.2, 0.25) is 0 Å². The van der Waals surface area contributed by atoms with Crippen molar-refractivity contribution in [3.05, 3.63) is 72.1 Å². The molecule has 0 radical (unpaired) electrons. The lowest BCUT2D eigenvalue weighted by Crippen LogP contribution is -2.17. The van der Waals surface area contributed by atoms with Gasteiger partial charge in [0, 0.05) is 23.6 Å². The first-order chi connectivity index (χ1) is 15.4. The molecular weight excluding hydrogens is 400 g/mol. The molecule has 0 fully saturated rings. The maximum absolute atomic E-state index is 5.43. The monoisotopic (exact) mass is 430 g/mol. The highest BCUT2D eigenvalue weighted by Crippen LogP contribution is 2.30. The molecule has 32 heavy (non-hydrogen) atoms. The Labute approximate surface area is 189 Å². The number of benzene rings is 2. The van der Waals surface area contributed by atoms with Crippen molar-refractivity contribution in [2.24, 2.45) is 0 Å². The summed E-state index contributed by atoms with van der Waals surface area (Å²) in [4.78, 5) is 4.98. The first kappa shape index (κ1) is 21.7. The van der Waals surface area contributed by atoms with Crippen LogP contribution < -0.4 is 14.8 Å². The van der Waals surface area contributed by atoms with Crippen molar-refractivity contribution in [3.63, 3.8) is 0 Å². The summed E-state index contributed by atoms with van der Waals surface area (Å²) in [5.41, 5.74) is 5.10. The van der Waals surface area contributed by atoms with Crippen LogP contribution in [-0.2, 0) is 11.8 Å². The molecule has 2 aromatic heterocycles. The topological polar surface area (TPSA) is 60.7 Å². The highest BCUT2D eigenvalue weighted by Gasteiger charge is 2.20. The van der Waals surface area contributed by atoms with E-state index in [1.54, 1.807) is 14.2 Å². The van der Waals surface area contributed by atoms with E-state index in [2.05, 4.69) is 55.5 Å². The third kappa shape index (κ3) is 4.40. The standard InChI is InChI=1S/C26H30N4O2/c1-26(2,3)23-16-24(27-14-13-18-11-12-21(31-4)22(15-18)32-5)30-25(29-23)20(17-28-30)19-9-7-6-8-10-19/h6-12,15-17,27H,13-14H2,1-5H3. The molecule has 0 aliphatic heterocycles. The Morgan fingerprint density at radius 1 is 0.938 bits per heavy atom. The Bertz CT molecular complexity index is 1210.